The van der Waals surface area contributed by atoms with E-state index < -0.39 is 5.60 Å². The summed E-state index contributed by atoms with van der Waals surface area (Å²) >= 11 is 0. The van der Waals surface area contributed by atoms with Gasteiger partial charge in [-0.25, -0.2) is 0 Å². The Balaban J connectivity index is 1.83. The highest BCUT2D eigenvalue weighted by Crippen LogP contribution is 2.23. The Hall–Kier alpha value is -1.93. The molecule has 3 rings (SSSR count). The van der Waals surface area contributed by atoms with Gasteiger partial charge in [0, 0.05) is 26.1 Å². The van der Waals surface area contributed by atoms with Gasteiger partial charge in [0.2, 0.25) is 5.95 Å². The average molecular weight is 278 g/mol. The first-order chi connectivity index (χ1) is 9.70. The van der Waals surface area contributed by atoms with Crippen molar-refractivity contribution < 1.29 is 9.84 Å². The van der Waals surface area contributed by atoms with E-state index in [0.29, 0.717) is 43.6 Å². The number of nitrogens with one attached hydrogen (secondary N) is 3. The summed E-state index contributed by atoms with van der Waals surface area (Å²) in [7, 11) is 0. The predicted molar refractivity (Wildman–Crippen MR) is 74.7 cm³/mol. The van der Waals surface area contributed by atoms with Gasteiger partial charge < -0.3 is 20.5 Å². The number of hydrogen-bond donors (Lipinski definition) is 4. The van der Waals surface area contributed by atoms with Crippen LogP contribution in [0.4, 0.5) is 11.8 Å². The molecule has 1 saturated heterocycles. The number of rotatable bonds is 5. The van der Waals surface area contributed by atoms with Crippen molar-refractivity contribution in [1.82, 2.24) is 20.2 Å². The van der Waals surface area contributed by atoms with Crippen molar-refractivity contribution in [1.29, 1.82) is 0 Å². The predicted octanol–water partition coefficient (Wildman–Crippen LogP) is 0.348. The van der Waals surface area contributed by atoms with Gasteiger partial charge in [0.25, 0.3) is 0 Å². The molecule has 20 heavy (non-hydrogen) atoms. The molecule has 3 heterocycles. The van der Waals surface area contributed by atoms with Crippen molar-refractivity contribution in [2.24, 2.45) is 0 Å². The molecule has 0 bridgehead atoms. The summed E-state index contributed by atoms with van der Waals surface area (Å²) in [4.78, 5) is 8.72. The smallest absolute Gasteiger partial charge is 0.226 e. The van der Waals surface area contributed by atoms with E-state index in [9.17, 15) is 5.11 Å². The molecule has 4 N–H and O–H groups in total. The summed E-state index contributed by atoms with van der Waals surface area (Å²) in [5.74, 6) is 1.18. The molecule has 0 radical (unpaired) electrons. The van der Waals surface area contributed by atoms with Crippen LogP contribution in [0.25, 0.3) is 11.0 Å². The SMILES string of the molecule is CCNc1nc(NCC2(O)CCOC2)c2cn[nH]c2n1. The first-order valence-corrected chi connectivity index (χ1v) is 6.69. The van der Waals surface area contributed by atoms with Crippen molar-refractivity contribution in [2.45, 2.75) is 18.9 Å². The Morgan fingerprint density at radius 2 is 2.35 bits per heavy atom. The lowest BCUT2D eigenvalue weighted by Crippen LogP contribution is -2.37. The molecule has 0 aromatic carbocycles. The van der Waals surface area contributed by atoms with E-state index in [0.717, 1.165) is 11.9 Å². The van der Waals surface area contributed by atoms with Gasteiger partial charge in [-0.1, -0.05) is 0 Å². The molecule has 0 aliphatic carbocycles. The van der Waals surface area contributed by atoms with Gasteiger partial charge in [0.15, 0.2) is 5.65 Å². The molecule has 1 aliphatic heterocycles. The largest absolute Gasteiger partial charge is 0.386 e. The number of H-pyrrole nitrogens is 1. The van der Waals surface area contributed by atoms with Crippen molar-refractivity contribution >= 4 is 22.8 Å². The van der Waals surface area contributed by atoms with E-state index in [4.69, 9.17) is 4.74 Å². The zero-order valence-electron chi connectivity index (χ0n) is 11.3. The minimum atomic E-state index is -0.834. The molecule has 0 spiro atoms. The van der Waals surface area contributed by atoms with Crippen LogP contribution in [-0.4, -0.2) is 57.2 Å². The Bertz CT molecular complexity index is 593. The van der Waals surface area contributed by atoms with E-state index in [-0.39, 0.29) is 0 Å². The van der Waals surface area contributed by atoms with Crippen LogP contribution in [0, 0.1) is 0 Å². The maximum atomic E-state index is 10.3. The first kappa shape index (κ1) is 13.1. The Morgan fingerprint density at radius 1 is 1.45 bits per heavy atom. The number of aliphatic hydroxyl groups is 1. The molecule has 0 saturated carbocycles. The van der Waals surface area contributed by atoms with Crippen molar-refractivity contribution in [2.75, 3.05) is 36.9 Å². The fraction of sp³-hybridized carbons (Fsp3) is 0.583. The summed E-state index contributed by atoms with van der Waals surface area (Å²) in [6, 6.07) is 0. The fourth-order valence-electron chi connectivity index (χ4n) is 2.19. The standard InChI is InChI=1S/C12H18N6O2/c1-2-13-11-16-9(8-5-15-18-10(8)17-11)14-6-12(19)3-4-20-7-12/h5,19H,2-4,6-7H2,1H3,(H3,13,14,15,16,17,18). The van der Waals surface area contributed by atoms with E-state index in [1.165, 1.54) is 0 Å². The average Bonchev–Trinajstić information content (AvgIpc) is 3.06. The maximum absolute atomic E-state index is 10.3. The van der Waals surface area contributed by atoms with Gasteiger partial charge in [-0.15, -0.1) is 0 Å². The van der Waals surface area contributed by atoms with Crippen LogP contribution in [-0.2, 0) is 4.74 Å². The fourth-order valence-corrected chi connectivity index (χ4v) is 2.19. The molecule has 1 unspecified atom stereocenters. The number of aromatic nitrogens is 4. The lowest BCUT2D eigenvalue weighted by atomic mass is 10.0. The van der Waals surface area contributed by atoms with Crippen LogP contribution < -0.4 is 10.6 Å². The third kappa shape index (κ3) is 2.52. The number of hydrogen-bond acceptors (Lipinski definition) is 7. The summed E-state index contributed by atoms with van der Waals surface area (Å²) < 4.78 is 5.23. The molecular formula is C12H18N6O2. The van der Waals surface area contributed by atoms with Crippen LogP contribution in [0.2, 0.25) is 0 Å². The second-order valence-corrected chi connectivity index (χ2v) is 4.94. The van der Waals surface area contributed by atoms with E-state index in [1.54, 1.807) is 6.20 Å². The lowest BCUT2D eigenvalue weighted by Gasteiger charge is -2.21. The molecule has 108 valence electrons. The number of nitrogens with zero attached hydrogens (tertiary/aromatic N) is 3. The number of ether oxygens (including phenoxy) is 1. The quantitative estimate of drug-likeness (QED) is 0.625. The zero-order valence-corrected chi connectivity index (χ0v) is 11.3. The highest BCUT2D eigenvalue weighted by molar-refractivity contribution is 5.86. The highest BCUT2D eigenvalue weighted by atomic mass is 16.5. The number of anilines is 2. The minimum absolute atomic E-state index is 0.347. The van der Waals surface area contributed by atoms with E-state index in [2.05, 4.69) is 30.8 Å². The molecule has 8 nitrogen and oxygen atoms in total. The summed E-state index contributed by atoms with van der Waals surface area (Å²) in [5.41, 5.74) is -0.174. The van der Waals surface area contributed by atoms with Crippen molar-refractivity contribution in [3.63, 3.8) is 0 Å². The van der Waals surface area contributed by atoms with Crippen LogP contribution in [0.1, 0.15) is 13.3 Å². The van der Waals surface area contributed by atoms with Gasteiger partial charge in [-0.05, 0) is 6.92 Å². The summed E-state index contributed by atoms with van der Waals surface area (Å²) in [6.07, 6.45) is 2.29. The van der Waals surface area contributed by atoms with Crippen molar-refractivity contribution in [3.8, 4) is 0 Å². The second kappa shape index (κ2) is 5.22. The third-order valence-corrected chi connectivity index (χ3v) is 3.31. The molecule has 1 aliphatic rings. The molecule has 1 fully saturated rings. The third-order valence-electron chi connectivity index (χ3n) is 3.31. The van der Waals surface area contributed by atoms with Gasteiger partial charge in [-0.3, -0.25) is 5.10 Å². The Labute approximate surface area is 116 Å². The molecule has 8 heteroatoms. The monoisotopic (exact) mass is 278 g/mol. The van der Waals surface area contributed by atoms with Gasteiger partial charge >= 0.3 is 0 Å². The molecule has 2 aromatic heterocycles. The van der Waals surface area contributed by atoms with Crippen molar-refractivity contribution in [3.05, 3.63) is 6.20 Å². The summed E-state index contributed by atoms with van der Waals surface area (Å²) in [6.45, 7) is 4.03. The Kier molecular flexibility index (Phi) is 3.41. The number of fused-ring (bicyclic) bond motifs is 1. The van der Waals surface area contributed by atoms with E-state index in [1.807, 2.05) is 6.92 Å². The van der Waals surface area contributed by atoms with Crippen LogP contribution in [0.15, 0.2) is 6.20 Å². The normalized spacial score (nSPS) is 22.3. The Morgan fingerprint density at radius 3 is 3.10 bits per heavy atom. The summed E-state index contributed by atoms with van der Waals surface area (Å²) in [5, 5.41) is 24.1. The molecule has 2 aromatic rings. The molecule has 1 atom stereocenters. The highest BCUT2D eigenvalue weighted by Gasteiger charge is 2.32. The second-order valence-electron chi connectivity index (χ2n) is 4.94. The van der Waals surface area contributed by atoms with Crippen LogP contribution >= 0.6 is 0 Å². The number of aromatic amines is 1. The zero-order chi connectivity index (χ0) is 14.0. The van der Waals surface area contributed by atoms with Gasteiger partial charge in [-0.2, -0.15) is 15.1 Å². The van der Waals surface area contributed by atoms with E-state index >= 15 is 0 Å². The van der Waals surface area contributed by atoms with Gasteiger partial charge in [0.05, 0.1) is 18.2 Å². The first-order valence-electron chi connectivity index (χ1n) is 6.69. The van der Waals surface area contributed by atoms with Crippen LogP contribution in [0.5, 0.6) is 0 Å². The lowest BCUT2D eigenvalue weighted by molar-refractivity contribution is 0.0381. The van der Waals surface area contributed by atoms with Crippen LogP contribution in [0.3, 0.4) is 0 Å². The minimum Gasteiger partial charge on any atom is -0.386 e. The molecule has 0 amide bonds. The van der Waals surface area contributed by atoms with Gasteiger partial charge in [0.1, 0.15) is 11.4 Å². The maximum Gasteiger partial charge on any atom is 0.226 e. The molecular weight excluding hydrogens is 260 g/mol. The topological polar surface area (TPSA) is 108 Å².